The number of benzene rings is 1. The smallest absolute Gasteiger partial charge is 0.271 e. The summed E-state index contributed by atoms with van der Waals surface area (Å²) in [5.74, 6) is 0.667. The predicted molar refractivity (Wildman–Crippen MR) is 85.7 cm³/mol. The molecule has 3 rings (SSSR count). The van der Waals surface area contributed by atoms with Crippen molar-refractivity contribution in [3.8, 4) is 17.0 Å². The molecule has 3 aromatic rings. The van der Waals surface area contributed by atoms with Crippen LogP contribution in [0.5, 0.6) is 5.75 Å². The van der Waals surface area contributed by atoms with Crippen molar-refractivity contribution in [3.05, 3.63) is 48.0 Å². The maximum absolute atomic E-state index is 12.4. The Kier molecular flexibility index (Phi) is 3.86. The minimum atomic E-state index is -3.61. The third-order valence-corrected chi connectivity index (χ3v) is 5.82. The Morgan fingerprint density at radius 3 is 2.64 bits per heavy atom. The van der Waals surface area contributed by atoms with Gasteiger partial charge >= 0.3 is 0 Å². The van der Waals surface area contributed by atoms with Gasteiger partial charge in [-0.1, -0.05) is 0 Å². The summed E-state index contributed by atoms with van der Waals surface area (Å²) < 4.78 is 32.6. The lowest BCUT2D eigenvalue weighted by atomic mass is 10.2. The quantitative estimate of drug-likeness (QED) is 0.751. The van der Waals surface area contributed by atoms with Gasteiger partial charge in [-0.2, -0.15) is 5.10 Å². The Bertz CT molecular complexity index is 853. The van der Waals surface area contributed by atoms with Crippen LogP contribution in [0.25, 0.3) is 11.3 Å². The summed E-state index contributed by atoms with van der Waals surface area (Å²) >= 11 is 1.16. The second-order valence-electron chi connectivity index (χ2n) is 4.46. The lowest BCUT2D eigenvalue weighted by Gasteiger charge is -2.06. The molecule has 0 atom stereocenters. The highest BCUT2D eigenvalue weighted by atomic mass is 32.2. The molecule has 2 N–H and O–H groups in total. The molecule has 0 amide bonds. The number of anilines is 1. The number of nitrogens with zero attached hydrogens (tertiary/aromatic N) is 1. The van der Waals surface area contributed by atoms with E-state index in [1.54, 1.807) is 55.1 Å². The number of hydrogen-bond donors (Lipinski definition) is 2. The highest BCUT2D eigenvalue weighted by molar-refractivity contribution is 7.94. The van der Waals surface area contributed by atoms with E-state index in [1.807, 2.05) is 0 Å². The van der Waals surface area contributed by atoms with Crippen LogP contribution in [0.15, 0.2) is 52.2 Å². The summed E-state index contributed by atoms with van der Waals surface area (Å²) in [5, 5.41) is 8.44. The van der Waals surface area contributed by atoms with Crippen LogP contribution in [0.2, 0.25) is 0 Å². The zero-order chi connectivity index (χ0) is 15.6. The highest BCUT2D eigenvalue weighted by Crippen LogP contribution is 2.28. The molecule has 114 valence electrons. The molecule has 0 aliphatic heterocycles. The molecular formula is C14H13N3O3S2. The van der Waals surface area contributed by atoms with Gasteiger partial charge in [0.25, 0.3) is 10.0 Å². The molecule has 8 heteroatoms. The molecule has 0 radical (unpaired) electrons. The molecule has 0 unspecified atom stereocenters. The Labute approximate surface area is 131 Å². The monoisotopic (exact) mass is 335 g/mol. The minimum Gasteiger partial charge on any atom is -0.497 e. The fourth-order valence-electron chi connectivity index (χ4n) is 1.88. The van der Waals surface area contributed by atoms with Crippen LogP contribution in [0.1, 0.15) is 0 Å². The molecule has 2 aromatic heterocycles. The van der Waals surface area contributed by atoms with Crippen LogP contribution >= 0.6 is 11.3 Å². The van der Waals surface area contributed by atoms with E-state index in [9.17, 15) is 8.42 Å². The number of H-pyrrole nitrogens is 1. The van der Waals surface area contributed by atoms with E-state index in [-0.39, 0.29) is 4.21 Å². The van der Waals surface area contributed by atoms with E-state index in [4.69, 9.17) is 4.74 Å². The molecule has 2 heterocycles. The van der Waals surface area contributed by atoms with E-state index in [0.717, 1.165) is 22.6 Å². The molecule has 0 aliphatic carbocycles. The first-order valence-corrected chi connectivity index (χ1v) is 8.70. The number of hydrogen-bond acceptors (Lipinski definition) is 5. The van der Waals surface area contributed by atoms with Gasteiger partial charge in [0.05, 0.1) is 12.8 Å². The largest absolute Gasteiger partial charge is 0.497 e. The van der Waals surface area contributed by atoms with Gasteiger partial charge in [-0.3, -0.25) is 9.82 Å². The molecule has 22 heavy (non-hydrogen) atoms. The predicted octanol–water partition coefficient (Wildman–Crippen LogP) is 2.95. The molecule has 0 saturated heterocycles. The Morgan fingerprint density at radius 1 is 1.23 bits per heavy atom. The third-order valence-electron chi connectivity index (χ3n) is 2.99. The second-order valence-corrected chi connectivity index (χ2v) is 7.28. The van der Waals surface area contributed by atoms with Crippen molar-refractivity contribution in [2.45, 2.75) is 4.21 Å². The van der Waals surface area contributed by atoms with E-state index in [1.165, 1.54) is 0 Å². The summed E-state index contributed by atoms with van der Waals surface area (Å²) in [4.78, 5) is 0. The average molecular weight is 335 g/mol. The van der Waals surface area contributed by atoms with Crippen molar-refractivity contribution in [2.75, 3.05) is 11.8 Å². The van der Waals surface area contributed by atoms with Crippen molar-refractivity contribution in [1.29, 1.82) is 0 Å². The number of rotatable bonds is 5. The minimum absolute atomic E-state index is 0.243. The van der Waals surface area contributed by atoms with E-state index in [0.29, 0.717) is 11.4 Å². The second kappa shape index (κ2) is 5.82. The van der Waals surface area contributed by atoms with Crippen LogP contribution in [0, 0.1) is 0 Å². The van der Waals surface area contributed by atoms with Crippen molar-refractivity contribution in [2.24, 2.45) is 0 Å². The van der Waals surface area contributed by atoms with Crippen LogP contribution < -0.4 is 9.46 Å². The number of methoxy groups -OCH3 is 1. The summed E-state index contributed by atoms with van der Waals surface area (Å²) in [6.45, 7) is 0. The molecular weight excluding hydrogens is 322 g/mol. The molecule has 1 aromatic carbocycles. The van der Waals surface area contributed by atoms with Gasteiger partial charge in [-0.05, 0) is 36.4 Å². The lowest BCUT2D eigenvalue weighted by molar-refractivity contribution is 0.415. The standard InChI is InChI=1S/C14H13N3O3S2/c1-20-12-4-2-11(3-5-12)17-22(18,19)14-8-10(9-21-14)13-6-7-15-16-13/h2-9,17H,1H3,(H,15,16). The van der Waals surface area contributed by atoms with Gasteiger partial charge < -0.3 is 4.74 Å². The number of nitrogens with one attached hydrogen (secondary N) is 2. The molecule has 0 aliphatic rings. The fraction of sp³-hybridized carbons (Fsp3) is 0.0714. The van der Waals surface area contributed by atoms with Gasteiger partial charge in [-0.25, -0.2) is 8.42 Å². The first-order valence-electron chi connectivity index (χ1n) is 6.33. The van der Waals surface area contributed by atoms with E-state index >= 15 is 0 Å². The number of sulfonamides is 1. The fourth-order valence-corrected chi connectivity index (χ4v) is 4.12. The van der Waals surface area contributed by atoms with Crippen molar-refractivity contribution in [1.82, 2.24) is 10.2 Å². The average Bonchev–Trinajstić information content (AvgIpc) is 3.19. The molecule has 0 bridgehead atoms. The molecule has 0 fully saturated rings. The normalized spacial score (nSPS) is 11.3. The van der Waals surface area contributed by atoms with Gasteiger partial charge in [0.15, 0.2) is 0 Å². The third kappa shape index (κ3) is 2.97. The summed E-state index contributed by atoms with van der Waals surface area (Å²) in [6, 6.07) is 10.1. The van der Waals surface area contributed by atoms with E-state index in [2.05, 4.69) is 14.9 Å². The van der Waals surface area contributed by atoms with Gasteiger partial charge in [0.2, 0.25) is 0 Å². The molecule has 0 spiro atoms. The number of aromatic nitrogens is 2. The summed E-state index contributed by atoms with van der Waals surface area (Å²) in [5.41, 5.74) is 2.05. The maximum atomic E-state index is 12.4. The van der Waals surface area contributed by atoms with Gasteiger partial charge in [0, 0.05) is 22.8 Å². The van der Waals surface area contributed by atoms with Crippen LogP contribution in [0.4, 0.5) is 5.69 Å². The Hall–Kier alpha value is -2.32. The first kappa shape index (κ1) is 14.6. The van der Waals surface area contributed by atoms with Crippen molar-refractivity contribution < 1.29 is 13.2 Å². The maximum Gasteiger partial charge on any atom is 0.271 e. The van der Waals surface area contributed by atoms with Gasteiger partial charge in [0.1, 0.15) is 9.96 Å². The van der Waals surface area contributed by atoms with Crippen molar-refractivity contribution >= 4 is 27.0 Å². The number of ether oxygens (including phenoxy) is 1. The van der Waals surface area contributed by atoms with Crippen molar-refractivity contribution in [3.63, 3.8) is 0 Å². The molecule has 0 saturated carbocycles. The molecule has 6 nitrogen and oxygen atoms in total. The van der Waals surface area contributed by atoms with Crippen LogP contribution in [-0.2, 0) is 10.0 Å². The Morgan fingerprint density at radius 2 is 2.00 bits per heavy atom. The van der Waals surface area contributed by atoms with Crippen LogP contribution in [0.3, 0.4) is 0 Å². The van der Waals surface area contributed by atoms with E-state index < -0.39 is 10.0 Å². The first-order chi connectivity index (χ1) is 10.6. The highest BCUT2D eigenvalue weighted by Gasteiger charge is 2.17. The van der Waals surface area contributed by atoms with Gasteiger partial charge in [-0.15, -0.1) is 11.3 Å². The zero-order valence-electron chi connectivity index (χ0n) is 11.6. The zero-order valence-corrected chi connectivity index (χ0v) is 13.2. The van der Waals surface area contributed by atoms with Crippen LogP contribution in [-0.4, -0.2) is 25.7 Å². The SMILES string of the molecule is COc1ccc(NS(=O)(=O)c2cc(-c3ccn[nH]3)cs2)cc1. The lowest BCUT2D eigenvalue weighted by Crippen LogP contribution is -2.11. The summed E-state index contributed by atoms with van der Waals surface area (Å²) in [7, 11) is -2.05. The number of thiophene rings is 1. The topological polar surface area (TPSA) is 84.1 Å². The Balaban J connectivity index is 1.83. The number of aromatic amines is 1. The summed E-state index contributed by atoms with van der Waals surface area (Å²) in [6.07, 6.45) is 1.62.